The molecule has 4 N–H and O–H groups in total. The zero-order valence-corrected chi connectivity index (χ0v) is 12.6. The number of carbonyl (C=O) groups is 1. The average Bonchev–Trinajstić information content (AvgIpc) is 3.28. The van der Waals surface area contributed by atoms with Gasteiger partial charge in [0.2, 0.25) is 0 Å². The summed E-state index contributed by atoms with van der Waals surface area (Å²) in [5.74, 6) is 0.515. The van der Waals surface area contributed by atoms with Crippen molar-refractivity contribution < 1.29 is 4.79 Å². The molecule has 0 radical (unpaired) electrons. The van der Waals surface area contributed by atoms with Gasteiger partial charge in [-0.05, 0) is 38.5 Å². The number of hydrogen-bond acceptors (Lipinski definition) is 4. The molecule has 2 aliphatic rings. The van der Waals surface area contributed by atoms with Gasteiger partial charge in [-0.3, -0.25) is 4.79 Å². The quantitative estimate of drug-likeness (QED) is 0.706. The summed E-state index contributed by atoms with van der Waals surface area (Å²) in [5, 5.41) is 7.45. The van der Waals surface area contributed by atoms with Crippen LogP contribution >= 0.6 is 11.3 Å². The SMILES string of the molecule is C=C(C)CNc1sc(C(=O)NC2CC2)c(N)c1C1CC1. The van der Waals surface area contributed by atoms with Crippen molar-refractivity contribution in [3.8, 4) is 0 Å². The van der Waals surface area contributed by atoms with Gasteiger partial charge in [-0.1, -0.05) is 12.2 Å². The molecule has 2 saturated carbocycles. The van der Waals surface area contributed by atoms with Crippen LogP contribution in [0.4, 0.5) is 10.7 Å². The minimum absolute atomic E-state index is 0.0136. The topological polar surface area (TPSA) is 67.2 Å². The molecule has 1 amide bonds. The van der Waals surface area contributed by atoms with Crippen molar-refractivity contribution >= 4 is 27.9 Å². The molecule has 5 heteroatoms. The summed E-state index contributed by atoms with van der Waals surface area (Å²) in [5.41, 5.74) is 9.14. The van der Waals surface area contributed by atoms with Gasteiger partial charge in [-0.15, -0.1) is 11.3 Å². The molecule has 1 heterocycles. The lowest BCUT2D eigenvalue weighted by molar-refractivity contribution is 0.0956. The Morgan fingerprint density at radius 3 is 2.65 bits per heavy atom. The maximum Gasteiger partial charge on any atom is 0.263 e. The second kappa shape index (κ2) is 5.13. The van der Waals surface area contributed by atoms with Crippen LogP contribution in [-0.2, 0) is 0 Å². The van der Waals surface area contributed by atoms with Crippen LogP contribution in [0.25, 0.3) is 0 Å². The monoisotopic (exact) mass is 291 g/mol. The molecule has 0 aromatic carbocycles. The van der Waals surface area contributed by atoms with Crippen molar-refractivity contribution in [3.63, 3.8) is 0 Å². The molecule has 3 rings (SSSR count). The van der Waals surface area contributed by atoms with Crippen molar-refractivity contribution in [2.45, 2.75) is 44.6 Å². The molecule has 0 spiro atoms. The van der Waals surface area contributed by atoms with Crippen LogP contribution in [0.3, 0.4) is 0 Å². The standard InChI is InChI=1S/C15H21N3OS/c1-8(2)7-17-15-11(9-3-4-9)12(16)13(20-15)14(19)18-10-5-6-10/h9-10,17H,1,3-7,16H2,2H3,(H,18,19). The summed E-state index contributed by atoms with van der Waals surface area (Å²) >= 11 is 1.49. The summed E-state index contributed by atoms with van der Waals surface area (Å²) < 4.78 is 0. The number of amides is 1. The van der Waals surface area contributed by atoms with E-state index >= 15 is 0 Å². The van der Waals surface area contributed by atoms with E-state index in [1.807, 2.05) is 6.92 Å². The second-order valence-electron chi connectivity index (χ2n) is 5.92. The highest BCUT2D eigenvalue weighted by molar-refractivity contribution is 7.18. The van der Waals surface area contributed by atoms with E-state index in [0.717, 1.165) is 35.5 Å². The Bertz CT molecular complexity index is 556. The molecule has 1 aromatic heterocycles. The molecule has 0 unspecified atom stereocenters. The van der Waals surface area contributed by atoms with Crippen molar-refractivity contribution in [1.29, 1.82) is 0 Å². The molecule has 108 valence electrons. The number of carbonyl (C=O) groups excluding carboxylic acids is 1. The normalized spacial score (nSPS) is 17.9. The minimum Gasteiger partial charge on any atom is -0.397 e. The van der Waals surface area contributed by atoms with Crippen molar-refractivity contribution in [2.24, 2.45) is 0 Å². The van der Waals surface area contributed by atoms with Crippen molar-refractivity contribution in [1.82, 2.24) is 5.32 Å². The molecule has 2 fully saturated rings. The van der Waals surface area contributed by atoms with Gasteiger partial charge in [0.05, 0.1) is 10.7 Å². The van der Waals surface area contributed by atoms with Crippen molar-refractivity contribution in [2.75, 3.05) is 17.6 Å². The van der Waals surface area contributed by atoms with Crippen LogP contribution in [0.1, 0.15) is 53.8 Å². The van der Waals surface area contributed by atoms with E-state index in [1.54, 1.807) is 0 Å². The third-order valence-electron chi connectivity index (χ3n) is 3.64. The highest BCUT2D eigenvalue weighted by atomic mass is 32.1. The number of thiophene rings is 1. The summed E-state index contributed by atoms with van der Waals surface area (Å²) in [7, 11) is 0. The van der Waals surface area contributed by atoms with E-state index in [-0.39, 0.29) is 5.91 Å². The fourth-order valence-corrected chi connectivity index (χ4v) is 3.35. The Balaban J connectivity index is 1.84. The lowest BCUT2D eigenvalue weighted by Crippen LogP contribution is -2.25. The third kappa shape index (κ3) is 2.82. The highest BCUT2D eigenvalue weighted by Gasteiger charge is 2.34. The van der Waals surface area contributed by atoms with Crippen LogP contribution in [0.2, 0.25) is 0 Å². The first kappa shape index (κ1) is 13.5. The molecular formula is C15H21N3OS. The van der Waals surface area contributed by atoms with E-state index in [0.29, 0.717) is 22.5 Å². The first-order valence-corrected chi connectivity index (χ1v) is 7.99. The van der Waals surface area contributed by atoms with Gasteiger partial charge in [0, 0.05) is 18.2 Å². The van der Waals surface area contributed by atoms with Crippen LogP contribution < -0.4 is 16.4 Å². The van der Waals surface area contributed by atoms with E-state index < -0.39 is 0 Å². The van der Waals surface area contributed by atoms with Crippen LogP contribution in [0.5, 0.6) is 0 Å². The summed E-state index contributed by atoms with van der Waals surface area (Å²) in [6.45, 7) is 6.62. The van der Waals surface area contributed by atoms with E-state index in [4.69, 9.17) is 5.73 Å². The fraction of sp³-hybridized carbons (Fsp3) is 0.533. The zero-order chi connectivity index (χ0) is 14.3. The average molecular weight is 291 g/mol. The smallest absolute Gasteiger partial charge is 0.263 e. The van der Waals surface area contributed by atoms with Gasteiger partial charge in [0.25, 0.3) is 5.91 Å². The number of anilines is 2. The number of rotatable bonds is 6. The predicted octanol–water partition coefficient (Wildman–Crippen LogP) is 3.09. The molecule has 4 nitrogen and oxygen atoms in total. The minimum atomic E-state index is -0.0136. The molecule has 0 saturated heterocycles. The molecule has 2 aliphatic carbocycles. The Kier molecular flexibility index (Phi) is 3.46. The Morgan fingerprint density at radius 1 is 1.40 bits per heavy atom. The molecule has 0 bridgehead atoms. The first-order chi connectivity index (χ1) is 9.56. The van der Waals surface area contributed by atoms with Crippen LogP contribution in [-0.4, -0.2) is 18.5 Å². The van der Waals surface area contributed by atoms with Crippen LogP contribution in [0.15, 0.2) is 12.2 Å². The number of nitrogens with two attached hydrogens (primary N) is 1. The number of hydrogen-bond donors (Lipinski definition) is 3. The van der Waals surface area contributed by atoms with Crippen LogP contribution in [0, 0.1) is 0 Å². The van der Waals surface area contributed by atoms with Gasteiger partial charge in [-0.25, -0.2) is 0 Å². The Labute approximate surface area is 123 Å². The Hall–Kier alpha value is -1.49. The number of nitrogens with one attached hydrogen (secondary N) is 2. The zero-order valence-electron chi connectivity index (χ0n) is 11.8. The summed E-state index contributed by atoms with van der Waals surface area (Å²) in [4.78, 5) is 12.9. The van der Waals surface area contributed by atoms with Gasteiger partial charge >= 0.3 is 0 Å². The van der Waals surface area contributed by atoms with Crippen molar-refractivity contribution in [3.05, 3.63) is 22.6 Å². The number of nitrogen functional groups attached to an aromatic ring is 1. The maximum atomic E-state index is 12.2. The van der Waals surface area contributed by atoms with Gasteiger partial charge < -0.3 is 16.4 Å². The maximum absolute atomic E-state index is 12.2. The molecular weight excluding hydrogens is 270 g/mol. The Morgan fingerprint density at radius 2 is 2.10 bits per heavy atom. The summed E-state index contributed by atoms with van der Waals surface area (Å²) in [6, 6.07) is 0.361. The molecule has 0 aliphatic heterocycles. The predicted molar refractivity (Wildman–Crippen MR) is 84.5 cm³/mol. The highest BCUT2D eigenvalue weighted by Crippen LogP contribution is 2.50. The van der Waals surface area contributed by atoms with E-state index in [9.17, 15) is 4.79 Å². The first-order valence-electron chi connectivity index (χ1n) is 7.17. The van der Waals surface area contributed by atoms with E-state index in [2.05, 4.69) is 17.2 Å². The molecule has 1 aromatic rings. The third-order valence-corrected chi connectivity index (χ3v) is 4.82. The fourth-order valence-electron chi connectivity index (χ4n) is 2.24. The lowest BCUT2D eigenvalue weighted by Gasteiger charge is -2.06. The second-order valence-corrected chi connectivity index (χ2v) is 6.94. The summed E-state index contributed by atoms with van der Waals surface area (Å²) in [6.07, 6.45) is 4.53. The molecule has 20 heavy (non-hydrogen) atoms. The van der Waals surface area contributed by atoms with Gasteiger partial charge in [-0.2, -0.15) is 0 Å². The van der Waals surface area contributed by atoms with Gasteiger partial charge in [0.15, 0.2) is 0 Å². The largest absolute Gasteiger partial charge is 0.397 e. The molecule has 0 atom stereocenters. The van der Waals surface area contributed by atoms with Gasteiger partial charge in [0.1, 0.15) is 4.88 Å². The lowest BCUT2D eigenvalue weighted by atomic mass is 10.1. The van der Waals surface area contributed by atoms with E-state index in [1.165, 1.54) is 24.2 Å².